The van der Waals surface area contributed by atoms with Gasteiger partial charge in [0.1, 0.15) is 5.01 Å². The molecule has 0 aliphatic heterocycles. The number of hydrogen-bond donors (Lipinski definition) is 1. The Morgan fingerprint density at radius 3 is 2.90 bits per heavy atom. The first kappa shape index (κ1) is 14.5. The van der Waals surface area contributed by atoms with Crippen LogP contribution in [0.15, 0.2) is 0 Å². The van der Waals surface area contributed by atoms with Crippen molar-refractivity contribution in [3.63, 3.8) is 0 Å². The standard InChI is InChI=1S/C17H28N2S/c1-4-10-18-17(9-8-12(2)11-13(17)3)16-19-14-6-5-7-15(14)20-16/h12-13,18H,4-11H2,1-3H3. The molecule has 1 aromatic rings. The minimum absolute atomic E-state index is 0.164. The lowest BCUT2D eigenvalue weighted by molar-refractivity contribution is 0.121. The van der Waals surface area contributed by atoms with Gasteiger partial charge in [-0.1, -0.05) is 20.8 Å². The van der Waals surface area contributed by atoms with Crippen molar-refractivity contribution >= 4 is 11.3 Å². The van der Waals surface area contributed by atoms with Gasteiger partial charge in [0.05, 0.1) is 11.2 Å². The van der Waals surface area contributed by atoms with Crippen LogP contribution in [0.1, 0.15) is 68.5 Å². The number of rotatable bonds is 4. The molecule has 2 aliphatic rings. The van der Waals surface area contributed by atoms with E-state index >= 15 is 0 Å². The number of hydrogen-bond acceptors (Lipinski definition) is 3. The Morgan fingerprint density at radius 2 is 2.20 bits per heavy atom. The first-order valence-corrected chi connectivity index (χ1v) is 9.21. The van der Waals surface area contributed by atoms with Crippen LogP contribution in [-0.2, 0) is 18.4 Å². The van der Waals surface area contributed by atoms with Crippen LogP contribution in [0.2, 0.25) is 0 Å². The monoisotopic (exact) mass is 292 g/mol. The molecule has 3 rings (SSSR count). The molecule has 1 aromatic heterocycles. The van der Waals surface area contributed by atoms with Crippen molar-refractivity contribution in [2.24, 2.45) is 11.8 Å². The SMILES string of the molecule is CCCNC1(c2nc3c(s2)CCC3)CCC(C)CC1C. The van der Waals surface area contributed by atoms with E-state index in [2.05, 4.69) is 26.1 Å². The fourth-order valence-electron chi connectivity index (χ4n) is 4.03. The van der Waals surface area contributed by atoms with Crippen LogP contribution in [0.4, 0.5) is 0 Å². The summed E-state index contributed by atoms with van der Waals surface area (Å²) in [6.07, 6.45) is 8.93. The van der Waals surface area contributed by atoms with Crippen molar-refractivity contribution in [1.82, 2.24) is 10.3 Å². The molecular weight excluding hydrogens is 264 g/mol. The third-order valence-corrected chi connectivity index (χ3v) is 6.63. The molecule has 1 N–H and O–H groups in total. The Kier molecular flexibility index (Phi) is 4.19. The van der Waals surface area contributed by atoms with Crippen LogP contribution in [0.5, 0.6) is 0 Å². The Bertz CT molecular complexity index is 442. The maximum Gasteiger partial charge on any atom is 0.114 e. The smallest absolute Gasteiger partial charge is 0.114 e. The molecule has 0 amide bonds. The van der Waals surface area contributed by atoms with Crippen LogP contribution < -0.4 is 5.32 Å². The number of fused-ring (bicyclic) bond motifs is 1. The van der Waals surface area contributed by atoms with E-state index in [0.717, 1.165) is 12.5 Å². The maximum atomic E-state index is 5.07. The minimum atomic E-state index is 0.164. The zero-order chi connectivity index (χ0) is 14.2. The lowest BCUT2D eigenvalue weighted by Gasteiger charge is -2.44. The summed E-state index contributed by atoms with van der Waals surface area (Å²) in [6.45, 7) is 8.22. The van der Waals surface area contributed by atoms with E-state index in [1.165, 1.54) is 55.6 Å². The third-order valence-electron chi connectivity index (χ3n) is 5.30. The highest BCUT2D eigenvalue weighted by Crippen LogP contribution is 2.46. The van der Waals surface area contributed by atoms with Gasteiger partial charge in [-0.3, -0.25) is 0 Å². The second-order valence-electron chi connectivity index (χ2n) is 6.92. The summed E-state index contributed by atoms with van der Waals surface area (Å²) < 4.78 is 0. The van der Waals surface area contributed by atoms with Gasteiger partial charge in [-0.05, 0) is 63.3 Å². The van der Waals surface area contributed by atoms with Crippen molar-refractivity contribution in [1.29, 1.82) is 0 Å². The van der Waals surface area contributed by atoms with Crippen molar-refractivity contribution in [3.05, 3.63) is 15.6 Å². The zero-order valence-corrected chi connectivity index (χ0v) is 14.0. The molecule has 0 aromatic carbocycles. The molecule has 0 bridgehead atoms. The largest absolute Gasteiger partial charge is 0.305 e. The number of nitrogens with one attached hydrogen (secondary N) is 1. The van der Waals surface area contributed by atoms with Gasteiger partial charge >= 0.3 is 0 Å². The van der Waals surface area contributed by atoms with Gasteiger partial charge in [-0.2, -0.15) is 0 Å². The summed E-state index contributed by atoms with van der Waals surface area (Å²) in [7, 11) is 0. The second-order valence-corrected chi connectivity index (χ2v) is 8.00. The molecule has 0 spiro atoms. The normalized spacial score (nSPS) is 33.4. The maximum absolute atomic E-state index is 5.07. The molecule has 2 aliphatic carbocycles. The van der Waals surface area contributed by atoms with E-state index in [1.807, 2.05) is 11.3 Å². The van der Waals surface area contributed by atoms with Crippen molar-refractivity contribution in [2.75, 3.05) is 6.54 Å². The lowest BCUT2D eigenvalue weighted by Crippen LogP contribution is -2.50. The highest BCUT2D eigenvalue weighted by molar-refractivity contribution is 7.12. The lowest BCUT2D eigenvalue weighted by atomic mass is 9.70. The average molecular weight is 292 g/mol. The zero-order valence-electron chi connectivity index (χ0n) is 13.2. The highest BCUT2D eigenvalue weighted by Gasteiger charge is 2.44. The number of aromatic nitrogens is 1. The molecule has 20 heavy (non-hydrogen) atoms. The predicted molar refractivity (Wildman–Crippen MR) is 86.3 cm³/mol. The molecule has 0 saturated heterocycles. The molecule has 2 nitrogen and oxygen atoms in total. The van der Waals surface area contributed by atoms with Gasteiger partial charge in [0.2, 0.25) is 0 Å². The molecule has 3 unspecified atom stereocenters. The fourth-order valence-corrected chi connectivity index (χ4v) is 5.49. The summed E-state index contributed by atoms with van der Waals surface area (Å²) in [5.41, 5.74) is 1.57. The van der Waals surface area contributed by atoms with Gasteiger partial charge in [0, 0.05) is 4.88 Å². The van der Waals surface area contributed by atoms with Gasteiger partial charge in [0.25, 0.3) is 0 Å². The molecule has 1 saturated carbocycles. The van der Waals surface area contributed by atoms with Crippen molar-refractivity contribution in [3.8, 4) is 0 Å². The van der Waals surface area contributed by atoms with Crippen LogP contribution in [0.25, 0.3) is 0 Å². The van der Waals surface area contributed by atoms with E-state index < -0.39 is 0 Å². The molecule has 3 atom stereocenters. The molecule has 1 heterocycles. The van der Waals surface area contributed by atoms with E-state index in [-0.39, 0.29) is 5.54 Å². The Balaban J connectivity index is 1.92. The van der Waals surface area contributed by atoms with Gasteiger partial charge in [-0.15, -0.1) is 11.3 Å². The summed E-state index contributed by atoms with van der Waals surface area (Å²) in [4.78, 5) is 6.64. The third kappa shape index (κ3) is 2.43. The molecule has 0 radical (unpaired) electrons. The summed E-state index contributed by atoms with van der Waals surface area (Å²) in [6, 6.07) is 0. The summed E-state index contributed by atoms with van der Waals surface area (Å²) in [5.74, 6) is 1.57. The minimum Gasteiger partial charge on any atom is -0.305 e. The van der Waals surface area contributed by atoms with Crippen LogP contribution in [0, 0.1) is 11.8 Å². The summed E-state index contributed by atoms with van der Waals surface area (Å²) in [5, 5.41) is 5.31. The Morgan fingerprint density at radius 1 is 1.35 bits per heavy atom. The van der Waals surface area contributed by atoms with Crippen LogP contribution >= 0.6 is 11.3 Å². The van der Waals surface area contributed by atoms with Gasteiger partial charge in [0.15, 0.2) is 0 Å². The number of thiazole rings is 1. The first-order chi connectivity index (χ1) is 9.65. The molecule has 3 heteroatoms. The topological polar surface area (TPSA) is 24.9 Å². The Hall–Kier alpha value is -0.410. The molecule has 112 valence electrons. The average Bonchev–Trinajstić information content (AvgIpc) is 2.99. The summed E-state index contributed by atoms with van der Waals surface area (Å²) >= 11 is 2.01. The van der Waals surface area contributed by atoms with Crippen LogP contribution in [-0.4, -0.2) is 11.5 Å². The number of aryl methyl sites for hydroxylation is 2. The fraction of sp³-hybridized carbons (Fsp3) is 0.824. The highest BCUT2D eigenvalue weighted by atomic mass is 32.1. The van der Waals surface area contributed by atoms with E-state index in [1.54, 1.807) is 4.88 Å². The molecular formula is C17H28N2S. The van der Waals surface area contributed by atoms with Gasteiger partial charge in [-0.25, -0.2) is 4.98 Å². The second kappa shape index (κ2) is 5.76. The van der Waals surface area contributed by atoms with Crippen molar-refractivity contribution < 1.29 is 0 Å². The first-order valence-electron chi connectivity index (χ1n) is 8.39. The van der Waals surface area contributed by atoms with Crippen LogP contribution in [0.3, 0.4) is 0 Å². The predicted octanol–water partition coefficient (Wildman–Crippen LogP) is 4.28. The van der Waals surface area contributed by atoms with E-state index in [0.29, 0.717) is 5.92 Å². The van der Waals surface area contributed by atoms with Gasteiger partial charge < -0.3 is 5.32 Å². The Labute approximate surface area is 127 Å². The number of nitrogens with zero attached hydrogens (tertiary/aromatic N) is 1. The molecule has 1 fully saturated rings. The quantitative estimate of drug-likeness (QED) is 0.896. The van der Waals surface area contributed by atoms with E-state index in [4.69, 9.17) is 4.98 Å². The van der Waals surface area contributed by atoms with Crippen molar-refractivity contribution in [2.45, 2.75) is 71.3 Å². The van der Waals surface area contributed by atoms with E-state index in [9.17, 15) is 0 Å².